The van der Waals surface area contributed by atoms with Gasteiger partial charge in [0.15, 0.2) is 0 Å². The average molecular weight is 429 g/mol. The number of amides is 2. The number of para-hydroxylation sites is 2. The molecule has 0 aromatic heterocycles. The fraction of sp³-hybridized carbons (Fsp3) is 0.259. The van der Waals surface area contributed by atoms with E-state index in [2.05, 4.69) is 0 Å². The topological polar surface area (TPSA) is 49.9 Å². The molecule has 0 saturated heterocycles. The largest absolute Gasteiger partial charge is 0.497 e. The Morgan fingerprint density at radius 3 is 2.28 bits per heavy atom. The maximum Gasteiger partial charge on any atom is 0.258 e. The fourth-order valence-corrected chi connectivity index (χ4v) is 4.47. The van der Waals surface area contributed by atoms with E-state index in [0.29, 0.717) is 24.2 Å². The molecule has 3 aromatic carbocycles. The highest BCUT2D eigenvalue weighted by molar-refractivity contribution is 6.07. The van der Waals surface area contributed by atoms with Crippen molar-refractivity contribution in [3.05, 3.63) is 90.0 Å². The maximum absolute atomic E-state index is 13.5. The third kappa shape index (κ3) is 3.98. The minimum Gasteiger partial charge on any atom is -0.497 e. The van der Waals surface area contributed by atoms with E-state index in [9.17, 15) is 9.59 Å². The molecule has 32 heavy (non-hydrogen) atoms. The Kier molecular flexibility index (Phi) is 6.26. The van der Waals surface area contributed by atoms with E-state index in [4.69, 9.17) is 4.74 Å². The van der Waals surface area contributed by atoms with Gasteiger partial charge in [-0.15, -0.1) is 0 Å². The van der Waals surface area contributed by atoms with Crippen LogP contribution in [-0.2, 0) is 4.79 Å². The summed E-state index contributed by atoms with van der Waals surface area (Å²) in [6.45, 7) is 3.93. The molecule has 1 heterocycles. The lowest BCUT2D eigenvalue weighted by Gasteiger charge is -2.43. The smallest absolute Gasteiger partial charge is 0.258 e. The molecule has 0 spiro atoms. The van der Waals surface area contributed by atoms with Gasteiger partial charge in [-0.2, -0.15) is 0 Å². The van der Waals surface area contributed by atoms with Crippen LogP contribution in [-0.4, -0.2) is 25.0 Å². The Morgan fingerprint density at radius 1 is 0.969 bits per heavy atom. The highest BCUT2D eigenvalue weighted by Crippen LogP contribution is 2.42. The highest BCUT2D eigenvalue weighted by atomic mass is 16.5. The van der Waals surface area contributed by atoms with Gasteiger partial charge in [0.1, 0.15) is 5.75 Å². The molecule has 0 N–H and O–H groups in total. The highest BCUT2D eigenvalue weighted by Gasteiger charge is 2.38. The molecule has 164 valence electrons. The molecule has 0 fully saturated rings. The lowest BCUT2D eigenvalue weighted by molar-refractivity contribution is -0.118. The molecule has 0 bridgehead atoms. The molecule has 4 rings (SSSR count). The van der Waals surface area contributed by atoms with Crippen molar-refractivity contribution in [3.63, 3.8) is 0 Å². The van der Waals surface area contributed by atoms with Gasteiger partial charge in [0.2, 0.25) is 5.91 Å². The molecule has 2 atom stereocenters. The van der Waals surface area contributed by atoms with Crippen molar-refractivity contribution in [1.82, 2.24) is 0 Å². The predicted molar refractivity (Wildman–Crippen MR) is 127 cm³/mol. The molecule has 3 aromatic rings. The van der Waals surface area contributed by atoms with Crippen LogP contribution in [0.3, 0.4) is 0 Å². The first-order chi connectivity index (χ1) is 15.5. The zero-order valence-corrected chi connectivity index (χ0v) is 18.7. The van der Waals surface area contributed by atoms with Crippen LogP contribution in [0.4, 0.5) is 11.4 Å². The van der Waals surface area contributed by atoms with Crippen molar-refractivity contribution in [2.45, 2.75) is 38.8 Å². The number of fused-ring (bicyclic) bond motifs is 1. The van der Waals surface area contributed by atoms with Gasteiger partial charge in [-0.3, -0.25) is 9.59 Å². The van der Waals surface area contributed by atoms with Crippen LogP contribution in [0, 0.1) is 0 Å². The van der Waals surface area contributed by atoms with Crippen molar-refractivity contribution in [1.29, 1.82) is 0 Å². The molecule has 0 radical (unpaired) electrons. The molecule has 5 heteroatoms. The number of anilines is 2. The van der Waals surface area contributed by atoms with Gasteiger partial charge in [-0.1, -0.05) is 43.3 Å². The number of hydrogen-bond acceptors (Lipinski definition) is 3. The normalized spacial score (nSPS) is 17.4. The minimum absolute atomic E-state index is 0.0564. The number of carbonyl (C=O) groups excluding carboxylic acids is 2. The number of carbonyl (C=O) groups is 2. The van der Waals surface area contributed by atoms with Gasteiger partial charge < -0.3 is 14.5 Å². The average Bonchev–Trinajstić information content (AvgIpc) is 2.84. The minimum atomic E-state index is -0.143. The standard InChI is InChI=1S/C27H28N2O3/c1-4-26(30)29(21-10-6-5-7-11-21)25-18-19(2)28(24-13-9-8-12-23(24)25)27(31)20-14-16-22(32-3)17-15-20/h5-17,19,25H,4,18H2,1-3H3/t19-,25+/m0/s1. The van der Waals surface area contributed by atoms with Gasteiger partial charge in [0.05, 0.1) is 13.2 Å². The Hall–Kier alpha value is -3.60. The van der Waals surface area contributed by atoms with Crippen LogP contribution < -0.4 is 14.5 Å². The first kappa shape index (κ1) is 21.6. The second-order valence-electron chi connectivity index (χ2n) is 8.02. The van der Waals surface area contributed by atoms with E-state index >= 15 is 0 Å². The summed E-state index contributed by atoms with van der Waals surface area (Å²) >= 11 is 0. The Bertz CT molecular complexity index is 1100. The van der Waals surface area contributed by atoms with Gasteiger partial charge in [0, 0.05) is 29.4 Å². The molecule has 0 unspecified atom stereocenters. The first-order valence-corrected chi connectivity index (χ1v) is 11.0. The summed E-state index contributed by atoms with van der Waals surface area (Å²) in [7, 11) is 1.61. The molecule has 0 aliphatic carbocycles. The SMILES string of the molecule is CCC(=O)N(c1ccccc1)[C@@H]1C[C@H](C)N(C(=O)c2ccc(OC)cc2)c2ccccc21. The van der Waals surface area contributed by atoms with Crippen LogP contribution in [0.5, 0.6) is 5.75 Å². The summed E-state index contributed by atoms with van der Waals surface area (Å²) in [5.74, 6) is 0.725. The van der Waals surface area contributed by atoms with E-state index in [0.717, 1.165) is 16.9 Å². The molecule has 0 saturated carbocycles. The van der Waals surface area contributed by atoms with E-state index in [1.54, 1.807) is 31.4 Å². The lowest BCUT2D eigenvalue weighted by Crippen LogP contribution is -2.47. The summed E-state index contributed by atoms with van der Waals surface area (Å²) in [5.41, 5.74) is 3.32. The van der Waals surface area contributed by atoms with E-state index in [1.165, 1.54) is 0 Å². The Morgan fingerprint density at radius 2 is 1.62 bits per heavy atom. The molecule has 1 aliphatic rings. The zero-order chi connectivity index (χ0) is 22.7. The predicted octanol–water partition coefficient (Wildman–Crippen LogP) is 5.62. The second-order valence-corrected chi connectivity index (χ2v) is 8.02. The monoisotopic (exact) mass is 428 g/mol. The fourth-order valence-electron chi connectivity index (χ4n) is 4.47. The number of hydrogen-bond donors (Lipinski definition) is 0. The van der Waals surface area contributed by atoms with Crippen LogP contribution >= 0.6 is 0 Å². The lowest BCUT2D eigenvalue weighted by atomic mass is 9.89. The molecule has 5 nitrogen and oxygen atoms in total. The third-order valence-electron chi connectivity index (χ3n) is 6.03. The van der Waals surface area contributed by atoms with Crippen LogP contribution in [0.1, 0.15) is 48.7 Å². The van der Waals surface area contributed by atoms with Crippen molar-refractivity contribution >= 4 is 23.2 Å². The quantitative estimate of drug-likeness (QED) is 0.530. The number of benzene rings is 3. The summed E-state index contributed by atoms with van der Waals surface area (Å²) in [6, 6.07) is 24.6. The molecular formula is C27H28N2O3. The van der Waals surface area contributed by atoms with Crippen LogP contribution in [0.15, 0.2) is 78.9 Å². The van der Waals surface area contributed by atoms with Crippen molar-refractivity contribution in [2.24, 2.45) is 0 Å². The molecule has 1 aliphatic heterocycles. The van der Waals surface area contributed by atoms with Crippen LogP contribution in [0.25, 0.3) is 0 Å². The van der Waals surface area contributed by atoms with E-state index in [1.807, 2.05) is 78.2 Å². The second kappa shape index (κ2) is 9.27. The summed E-state index contributed by atoms with van der Waals surface area (Å²) in [6.07, 6.45) is 1.07. The maximum atomic E-state index is 13.5. The van der Waals surface area contributed by atoms with Gasteiger partial charge >= 0.3 is 0 Å². The Balaban J connectivity index is 1.76. The van der Waals surface area contributed by atoms with Crippen molar-refractivity contribution in [3.8, 4) is 5.75 Å². The Labute approximate surface area is 189 Å². The molecular weight excluding hydrogens is 400 g/mol. The number of methoxy groups -OCH3 is 1. The van der Waals surface area contributed by atoms with E-state index in [-0.39, 0.29) is 23.9 Å². The van der Waals surface area contributed by atoms with Gasteiger partial charge in [0.25, 0.3) is 5.91 Å². The van der Waals surface area contributed by atoms with E-state index < -0.39 is 0 Å². The number of nitrogens with zero attached hydrogens (tertiary/aromatic N) is 2. The summed E-state index contributed by atoms with van der Waals surface area (Å²) < 4.78 is 5.22. The zero-order valence-electron chi connectivity index (χ0n) is 18.7. The third-order valence-corrected chi connectivity index (χ3v) is 6.03. The van der Waals surface area contributed by atoms with Crippen LogP contribution in [0.2, 0.25) is 0 Å². The number of ether oxygens (including phenoxy) is 1. The van der Waals surface area contributed by atoms with Gasteiger partial charge in [-0.25, -0.2) is 0 Å². The summed E-state index contributed by atoms with van der Waals surface area (Å²) in [5, 5.41) is 0. The number of rotatable bonds is 5. The first-order valence-electron chi connectivity index (χ1n) is 11.0. The summed E-state index contributed by atoms with van der Waals surface area (Å²) in [4.78, 5) is 30.3. The molecule has 2 amide bonds. The van der Waals surface area contributed by atoms with Crippen molar-refractivity contribution < 1.29 is 14.3 Å². The van der Waals surface area contributed by atoms with Crippen molar-refractivity contribution in [2.75, 3.05) is 16.9 Å². The van der Waals surface area contributed by atoms with Gasteiger partial charge in [-0.05, 0) is 61.4 Å².